The Labute approximate surface area is 108 Å². The smallest absolute Gasteiger partial charge is 0.340 e. The molecule has 6 heteroatoms. The van der Waals surface area contributed by atoms with Crippen molar-refractivity contribution in [3.63, 3.8) is 0 Å². The standard InChI is InChI=1S/C12H16O5S/c1-2-3-6-4-7-10(18-6)9(14)8(13)5-12(7,17)11(15)16/h4,8-9,13-14,17H,2-3,5H2,1H3,(H,15,16)/t8-,9+,12+/m1/s1. The van der Waals surface area contributed by atoms with Gasteiger partial charge in [-0.05, 0) is 12.5 Å². The molecule has 0 amide bonds. The Morgan fingerprint density at radius 2 is 2.22 bits per heavy atom. The van der Waals surface area contributed by atoms with Crippen LogP contribution in [0.25, 0.3) is 0 Å². The molecule has 2 rings (SSSR count). The largest absolute Gasteiger partial charge is 0.479 e. The van der Waals surface area contributed by atoms with Gasteiger partial charge in [-0.15, -0.1) is 11.3 Å². The van der Waals surface area contributed by atoms with Crippen LogP contribution in [0.1, 0.15) is 41.2 Å². The molecule has 3 atom stereocenters. The highest BCUT2D eigenvalue weighted by Crippen LogP contribution is 2.45. The summed E-state index contributed by atoms with van der Waals surface area (Å²) in [5, 5.41) is 38.9. The summed E-state index contributed by atoms with van der Waals surface area (Å²) >= 11 is 1.26. The monoisotopic (exact) mass is 272 g/mol. The van der Waals surface area contributed by atoms with E-state index >= 15 is 0 Å². The van der Waals surface area contributed by atoms with Gasteiger partial charge in [0.1, 0.15) is 6.10 Å². The Morgan fingerprint density at radius 3 is 2.78 bits per heavy atom. The molecule has 1 aliphatic rings. The van der Waals surface area contributed by atoms with Crippen LogP contribution in [0.4, 0.5) is 0 Å². The Hall–Kier alpha value is -0.950. The third-order valence-electron chi connectivity index (χ3n) is 3.25. The van der Waals surface area contributed by atoms with E-state index in [1.807, 2.05) is 6.92 Å². The maximum atomic E-state index is 11.2. The van der Waals surface area contributed by atoms with Gasteiger partial charge in [-0.2, -0.15) is 0 Å². The molecule has 0 saturated heterocycles. The number of aliphatic carboxylic acids is 1. The fourth-order valence-electron chi connectivity index (χ4n) is 2.27. The van der Waals surface area contributed by atoms with E-state index in [0.29, 0.717) is 4.88 Å². The quantitative estimate of drug-likeness (QED) is 0.651. The number of hydrogen-bond donors (Lipinski definition) is 4. The van der Waals surface area contributed by atoms with Gasteiger partial charge in [0.25, 0.3) is 0 Å². The second-order valence-electron chi connectivity index (χ2n) is 4.62. The molecule has 4 N–H and O–H groups in total. The number of aliphatic hydroxyl groups excluding tert-OH is 2. The lowest BCUT2D eigenvalue weighted by molar-refractivity contribution is -0.168. The SMILES string of the molecule is CCCc1cc2c(s1)[C@@H](O)[C@H](O)C[C@@]2(O)C(=O)O. The van der Waals surface area contributed by atoms with Gasteiger partial charge in [-0.25, -0.2) is 4.79 Å². The third-order valence-corrected chi connectivity index (χ3v) is 4.51. The van der Waals surface area contributed by atoms with E-state index in [1.165, 1.54) is 11.3 Å². The van der Waals surface area contributed by atoms with Crippen molar-refractivity contribution in [2.24, 2.45) is 0 Å². The minimum atomic E-state index is -2.10. The predicted octanol–water partition coefficient (Wildman–Crippen LogP) is 0.771. The summed E-state index contributed by atoms with van der Waals surface area (Å²) in [6.45, 7) is 1.99. The van der Waals surface area contributed by atoms with Gasteiger partial charge < -0.3 is 20.4 Å². The first-order valence-corrected chi connectivity index (χ1v) is 6.66. The van der Waals surface area contributed by atoms with Gasteiger partial charge in [0.05, 0.1) is 6.10 Å². The van der Waals surface area contributed by atoms with Crippen LogP contribution in [0.3, 0.4) is 0 Å². The van der Waals surface area contributed by atoms with Crippen LogP contribution < -0.4 is 0 Å². The molecule has 1 aliphatic carbocycles. The van der Waals surface area contributed by atoms with E-state index in [4.69, 9.17) is 5.11 Å². The van der Waals surface area contributed by atoms with E-state index in [9.17, 15) is 20.1 Å². The molecule has 0 bridgehead atoms. The van der Waals surface area contributed by atoms with Crippen LogP contribution >= 0.6 is 11.3 Å². The first-order chi connectivity index (χ1) is 8.40. The summed E-state index contributed by atoms with van der Waals surface area (Å²) in [6.07, 6.45) is -1.11. The molecular weight excluding hydrogens is 256 g/mol. The molecule has 1 aromatic heterocycles. The topological polar surface area (TPSA) is 98.0 Å². The maximum absolute atomic E-state index is 11.2. The van der Waals surface area contributed by atoms with Crippen LogP contribution in [0, 0.1) is 0 Å². The van der Waals surface area contributed by atoms with Crippen LogP contribution in [0.15, 0.2) is 6.07 Å². The lowest BCUT2D eigenvalue weighted by Gasteiger charge is -2.34. The Bertz CT molecular complexity index is 469. The third kappa shape index (κ3) is 1.95. The van der Waals surface area contributed by atoms with Crippen molar-refractivity contribution in [1.29, 1.82) is 0 Å². The lowest BCUT2D eigenvalue weighted by atomic mass is 9.80. The first kappa shape index (κ1) is 13.5. The predicted molar refractivity (Wildman–Crippen MR) is 65.4 cm³/mol. The summed E-state index contributed by atoms with van der Waals surface area (Å²) in [5.41, 5.74) is -1.88. The molecule has 0 fully saturated rings. The van der Waals surface area contributed by atoms with Gasteiger partial charge in [0, 0.05) is 21.7 Å². The van der Waals surface area contributed by atoms with Crippen LogP contribution in [0.2, 0.25) is 0 Å². The number of fused-ring (bicyclic) bond motifs is 1. The summed E-state index contributed by atoms with van der Waals surface area (Å²) in [4.78, 5) is 12.5. The molecule has 0 spiro atoms. The van der Waals surface area contributed by atoms with Crippen molar-refractivity contribution in [1.82, 2.24) is 0 Å². The zero-order chi connectivity index (χ0) is 13.5. The van der Waals surface area contributed by atoms with E-state index in [2.05, 4.69) is 0 Å². The van der Waals surface area contributed by atoms with Gasteiger partial charge in [0.15, 0.2) is 5.60 Å². The molecule has 0 unspecified atom stereocenters. The number of aryl methyl sites for hydroxylation is 1. The van der Waals surface area contributed by atoms with E-state index in [1.54, 1.807) is 6.07 Å². The number of rotatable bonds is 3. The zero-order valence-corrected chi connectivity index (χ0v) is 10.8. The van der Waals surface area contributed by atoms with Gasteiger partial charge >= 0.3 is 5.97 Å². The molecule has 100 valence electrons. The maximum Gasteiger partial charge on any atom is 0.340 e. The van der Waals surface area contributed by atoms with Crippen molar-refractivity contribution in [2.45, 2.75) is 44.0 Å². The van der Waals surface area contributed by atoms with E-state index in [0.717, 1.165) is 17.7 Å². The molecule has 0 saturated carbocycles. The fourth-order valence-corrected chi connectivity index (χ4v) is 3.65. The normalized spacial score (nSPS) is 31.1. The summed E-state index contributed by atoms with van der Waals surface area (Å²) in [7, 11) is 0. The summed E-state index contributed by atoms with van der Waals surface area (Å²) in [5.74, 6) is -1.39. The molecule has 18 heavy (non-hydrogen) atoms. The van der Waals surface area contributed by atoms with Gasteiger partial charge in [0.2, 0.25) is 0 Å². The Kier molecular flexibility index (Phi) is 3.46. The molecular formula is C12H16O5S. The Balaban J connectivity index is 2.52. The second-order valence-corrected chi connectivity index (χ2v) is 5.79. The van der Waals surface area contributed by atoms with Crippen molar-refractivity contribution < 1.29 is 25.2 Å². The summed E-state index contributed by atoms with van der Waals surface area (Å²) in [6, 6.07) is 1.63. The molecule has 1 heterocycles. The fraction of sp³-hybridized carbons (Fsp3) is 0.583. The number of aliphatic hydroxyl groups is 3. The number of thiophene rings is 1. The Morgan fingerprint density at radius 1 is 1.56 bits per heavy atom. The van der Waals surface area contributed by atoms with Crippen LogP contribution in [0.5, 0.6) is 0 Å². The van der Waals surface area contributed by atoms with Gasteiger partial charge in [-0.3, -0.25) is 0 Å². The molecule has 1 aromatic rings. The zero-order valence-electron chi connectivity index (χ0n) is 9.96. The molecule has 0 aliphatic heterocycles. The minimum absolute atomic E-state index is 0.223. The van der Waals surface area contributed by atoms with Crippen LogP contribution in [-0.4, -0.2) is 32.5 Å². The van der Waals surface area contributed by atoms with Crippen molar-refractivity contribution in [3.05, 3.63) is 21.4 Å². The van der Waals surface area contributed by atoms with E-state index < -0.39 is 30.2 Å². The number of hydrogen-bond acceptors (Lipinski definition) is 5. The summed E-state index contributed by atoms with van der Waals surface area (Å²) < 4.78 is 0. The number of carboxylic acid groups (broad SMARTS) is 1. The van der Waals surface area contributed by atoms with Crippen molar-refractivity contribution in [3.8, 4) is 0 Å². The highest BCUT2D eigenvalue weighted by atomic mass is 32.1. The minimum Gasteiger partial charge on any atom is -0.479 e. The molecule has 5 nitrogen and oxygen atoms in total. The average Bonchev–Trinajstić information content (AvgIpc) is 2.71. The number of carboxylic acids is 1. The van der Waals surface area contributed by atoms with Gasteiger partial charge in [-0.1, -0.05) is 13.3 Å². The molecule has 0 radical (unpaired) electrons. The van der Waals surface area contributed by atoms with Crippen LogP contribution in [-0.2, 0) is 16.8 Å². The van der Waals surface area contributed by atoms with E-state index in [-0.39, 0.29) is 5.56 Å². The lowest BCUT2D eigenvalue weighted by Crippen LogP contribution is -2.44. The second kappa shape index (κ2) is 4.62. The average molecular weight is 272 g/mol. The van der Waals surface area contributed by atoms with Crippen molar-refractivity contribution in [2.75, 3.05) is 0 Å². The first-order valence-electron chi connectivity index (χ1n) is 5.85. The highest BCUT2D eigenvalue weighted by molar-refractivity contribution is 7.12. The van der Waals surface area contributed by atoms with Crippen molar-refractivity contribution >= 4 is 17.3 Å². The highest BCUT2D eigenvalue weighted by Gasteiger charge is 2.49. The number of carbonyl (C=O) groups is 1. The molecule has 0 aromatic carbocycles.